The van der Waals surface area contributed by atoms with Crippen LogP contribution in [0, 0.1) is 0 Å². The molecule has 0 radical (unpaired) electrons. The molecule has 2 rings (SSSR count). The normalized spacial score (nSPS) is 10.1. The molecule has 2 heterocycles. The molecule has 15 heavy (non-hydrogen) atoms. The summed E-state index contributed by atoms with van der Waals surface area (Å²) in [6, 6.07) is 1.39. The minimum absolute atomic E-state index is 0.188. The van der Waals surface area contributed by atoms with Gasteiger partial charge in [0.1, 0.15) is 5.82 Å². The highest BCUT2D eigenvalue weighted by atomic mass is 16.5. The van der Waals surface area contributed by atoms with Gasteiger partial charge in [-0.15, -0.1) is 0 Å². The van der Waals surface area contributed by atoms with Gasteiger partial charge in [-0.2, -0.15) is 4.98 Å². The van der Waals surface area contributed by atoms with E-state index in [0.29, 0.717) is 24.6 Å². The van der Waals surface area contributed by atoms with Crippen LogP contribution in [-0.2, 0) is 6.42 Å². The van der Waals surface area contributed by atoms with E-state index in [1.54, 1.807) is 0 Å². The Labute approximate surface area is 84.6 Å². The molecule has 78 valence electrons. The highest BCUT2D eigenvalue weighted by Crippen LogP contribution is 1.96. The van der Waals surface area contributed by atoms with Crippen LogP contribution >= 0.6 is 0 Å². The van der Waals surface area contributed by atoms with Crippen LogP contribution in [0.2, 0.25) is 0 Å². The summed E-state index contributed by atoms with van der Waals surface area (Å²) in [5.74, 6) is 1.15. The van der Waals surface area contributed by atoms with Crippen molar-refractivity contribution in [1.29, 1.82) is 0 Å². The van der Waals surface area contributed by atoms with Crippen LogP contribution in [0.15, 0.2) is 28.1 Å². The molecule has 0 aliphatic heterocycles. The highest BCUT2D eigenvalue weighted by Gasteiger charge is 1.98. The Bertz CT molecular complexity index is 464. The maximum atomic E-state index is 10.9. The second-order valence-electron chi connectivity index (χ2n) is 2.82. The van der Waals surface area contributed by atoms with Gasteiger partial charge >= 0.3 is 0 Å². The molecule has 0 aromatic carbocycles. The molecule has 2 N–H and O–H groups in total. The van der Waals surface area contributed by atoms with Gasteiger partial charge in [-0.25, -0.2) is 4.98 Å². The molecule has 0 saturated heterocycles. The summed E-state index contributed by atoms with van der Waals surface area (Å²) in [5.41, 5.74) is -0.188. The van der Waals surface area contributed by atoms with Gasteiger partial charge in [-0.1, -0.05) is 5.16 Å². The van der Waals surface area contributed by atoms with Crippen LogP contribution in [-0.4, -0.2) is 26.7 Å². The monoisotopic (exact) mass is 207 g/mol. The first kappa shape index (κ1) is 9.38. The van der Waals surface area contributed by atoms with Crippen LogP contribution in [0.3, 0.4) is 0 Å². The Kier molecular flexibility index (Phi) is 2.72. The van der Waals surface area contributed by atoms with Crippen molar-refractivity contribution in [2.75, 3.05) is 11.9 Å². The van der Waals surface area contributed by atoms with E-state index in [0.717, 1.165) is 0 Å². The number of hydrogen-bond acceptors (Lipinski definition) is 6. The number of aromatic amines is 1. The van der Waals surface area contributed by atoms with Crippen LogP contribution in [0.1, 0.15) is 5.82 Å². The van der Waals surface area contributed by atoms with E-state index in [-0.39, 0.29) is 5.56 Å². The fraction of sp³-hybridized carbons (Fsp3) is 0.250. The van der Waals surface area contributed by atoms with Gasteiger partial charge in [0.25, 0.3) is 5.56 Å². The van der Waals surface area contributed by atoms with Gasteiger partial charge in [0.05, 0.1) is 6.33 Å². The van der Waals surface area contributed by atoms with Crippen LogP contribution in [0.5, 0.6) is 0 Å². The fourth-order valence-electron chi connectivity index (χ4n) is 1.07. The summed E-state index contributed by atoms with van der Waals surface area (Å²) in [7, 11) is 0. The molecule has 0 unspecified atom stereocenters. The summed E-state index contributed by atoms with van der Waals surface area (Å²) in [4.78, 5) is 21.1. The molecule has 0 amide bonds. The SMILES string of the molecule is O=c1cc(NCCc2ncon2)nc[nH]1. The van der Waals surface area contributed by atoms with Crippen molar-refractivity contribution < 1.29 is 4.52 Å². The van der Waals surface area contributed by atoms with Crippen molar-refractivity contribution in [2.24, 2.45) is 0 Å². The summed E-state index contributed by atoms with van der Waals surface area (Å²) in [6.07, 6.45) is 3.24. The molecule has 2 aromatic rings. The quantitative estimate of drug-likeness (QED) is 0.721. The predicted octanol–water partition coefficient (Wildman–Crippen LogP) is -0.193. The first-order valence-electron chi connectivity index (χ1n) is 4.38. The van der Waals surface area contributed by atoms with Crippen LogP contribution in [0.4, 0.5) is 5.82 Å². The number of hydrogen-bond donors (Lipinski definition) is 2. The van der Waals surface area contributed by atoms with Gasteiger partial charge in [0.2, 0.25) is 6.39 Å². The lowest BCUT2D eigenvalue weighted by atomic mass is 10.4. The number of anilines is 1. The second kappa shape index (κ2) is 4.36. The zero-order valence-corrected chi connectivity index (χ0v) is 7.80. The average Bonchev–Trinajstić information content (AvgIpc) is 2.71. The number of aromatic nitrogens is 4. The van der Waals surface area contributed by atoms with E-state index in [4.69, 9.17) is 0 Å². The smallest absolute Gasteiger partial charge is 0.252 e. The van der Waals surface area contributed by atoms with Crippen molar-refractivity contribution in [1.82, 2.24) is 20.1 Å². The van der Waals surface area contributed by atoms with E-state index in [1.165, 1.54) is 18.8 Å². The maximum absolute atomic E-state index is 10.9. The van der Waals surface area contributed by atoms with Crippen molar-refractivity contribution in [2.45, 2.75) is 6.42 Å². The number of nitrogens with zero attached hydrogens (tertiary/aromatic N) is 3. The molecule has 0 saturated carbocycles. The van der Waals surface area contributed by atoms with E-state index in [2.05, 4.69) is 29.9 Å². The Morgan fingerprint density at radius 2 is 2.40 bits per heavy atom. The highest BCUT2D eigenvalue weighted by molar-refractivity contribution is 5.31. The van der Waals surface area contributed by atoms with E-state index in [1.807, 2.05) is 0 Å². The summed E-state index contributed by atoms with van der Waals surface area (Å²) in [5, 5.41) is 6.62. The number of nitrogens with one attached hydrogen (secondary N) is 2. The van der Waals surface area contributed by atoms with Crippen molar-refractivity contribution in [3.8, 4) is 0 Å². The third-order valence-electron chi connectivity index (χ3n) is 1.74. The standard InChI is InChI=1S/C8H9N5O2/c14-8-3-7(10-4-11-8)9-2-1-6-12-5-15-13-6/h3-5H,1-2H2,(H2,9,10,11,14). The molecule has 0 aliphatic carbocycles. The summed E-state index contributed by atoms with van der Waals surface area (Å²) < 4.78 is 4.58. The Morgan fingerprint density at radius 3 is 3.13 bits per heavy atom. The molecule has 0 atom stereocenters. The zero-order valence-electron chi connectivity index (χ0n) is 7.80. The second-order valence-corrected chi connectivity index (χ2v) is 2.82. The van der Waals surface area contributed by atoms with Crippen molar-refractivity contribution in [3.63, 3.8) is 0 Å². The van der Waals surface area contributed by atoms with E-state index >= 15 is 0 Å². The lowest BCUT2D eigenvalue weighted by Crippen LogP contribution is -2.11. The molecule has 2 aromatic heterocycles. The lowest BCUT2D eigenvalue weighted by Gasteiger charge is -2.01. The molecule has 0 aliphatic rings. The van der Waals surface area contributed by atoms with Gasteiger partial charge in [0, 0.05) is 19.0 Å². The summed E-state index contributed by atoms with van der Waals surface area (Å²) >= 11 is 0. The minimum atomic E-state index is -0.188. The van der Waals surface area contributed by atoms with Gasteiger partial charge < -0.3 is 14.8 Å². The topological polar surface area (TPSA) is 96.7 Å². The minimum Gasteiger partial charge on any atom is -0.369 e. The lowest BCUT2D eigenvalue weighted by molar-refractivity contribution is 0.410. The van der Waals surface area contributed by atoms with Gasteiger partial charge in [0.15, 0.2) is 5.82 Å². The van der Waals surface area contributed by atoms with Gasteiger partial charge in [-0.3, -0.25) is 4.79 Å². The molecule has 7 heteroatoms. The number of H-pyrrole nitrogens is 1. The summed E-state index contributed by atoms with van der Waals surface area (Å²) in [6.45, 7) is 0.593. The van der Waals surface area contributed by atoms with E-state index < -0.39 is 0 Å². The van der Waals surface area contributed by atoms with Crippen LogP contribution < -0.4 is 10.9 Å². The van der Waals surface area contributed by atoms with Crippen molar-refractivity contribution >= 4 is 5.82 Å². The Hall–Kier alpha value is -2.18. The number of rotatable bonds is 4. The zero-order chi connectivity index (χ0) is 10.5. The van der Waals surface area contributed by atoms with Crippen LogP contribution in [0.25, 0.3) is 0 Å². The average molecular weight is 207 g/mol. The molecule has 0 fully saturated rings. The largest absolute Gasteiger partial charge is 0.369 e. The first-order valence-corrected chi connectivity index (χ1v) is 4.38. The molecular weight excluding hydrogens is 198 g/mol. The van der Waals surface area contributed by atoms with Gasteiger partial charge in [-0.05, 0) is 0 Å². The third-order valence-corrected chi connectivity index (χ3v) is 1.74. The first-order chi connectivity index (χ1) is 7.34. The predicted molar refractivity (Wildman–Crippen MR) is 51.3 cm³/mol. The maximum Gasteiger partial charge on any atom is 0.252 e. The molecule has 0 bridgehead atoms. The third kappa shape index (κ3) is 2.63. The van der Waals surface area contributed by atoms with Crippen molar-refractivity contribution in [3.05, 3.63) is 35.0 Å². The Balaban J connectivity index is 1.86. The fourth-order valence-corrected chi connectivity index (χ4v) is 1.07. The van der Waals surface area contributed by atoms with E-state index in [9.17, 15) is 4.79 Å². The molecular formula is C8H9N5O2. The molecule has 7 nitrogen and oxygen atoms in total. The molecule has 0 spiro atoms. The Morgan fingerprint density at radius 1 is 1.47 bits per heavy atom.